The number of nitrogens with one attached hydrogen (secondary N) is 1. The van der Waals surface area contributed by atoms with Crippen molar-refractivity contribution in [1.82, 2.24) is 19.9 Å². The van der Waals surface area contributed by atoms with Gasteiger partial charge in [-0.2, -0.15) is 0 Å². The molecule has 0 spiro atoms. The van der Waals surface area contributed by atoms with E-state index in [1.54, 1.807) is 12.5 Å². The maximum absolute atomic E-state index is 3.91. The van der Waals surface area contributed by atoms with Gasteiger partial charge in [0.2, 0.25) is 0 Å². The van der Waals surface area contributed by atoms with Gasteiger partial charge in [-0.25, -0.2) is 15.0 Å². The highest BCUT2D eigenvalue weighted by Crippen LogP contribution is 1.99. The van der Waals surface area contributed by atoms with Gasteiger partial charge in [-0.15, -0.1) is 0 Å². The standard InChI is InChI=1S/C5H4N4/c1-4-5(8-2-6-1)9-3-7-4/h1-3H,(H,6,7,8,9)/i2+1. The number of nitrogens with zero attached hydrogens (tertiary/aromatic N) is 3. The number of hydrogen-bond acceptors (Lipinski definition) is 3. The largest absolute Gasteiger partial charge is 0.342 e. The molecule has 44 valence electrons. The fraction of sp³-hybridized carbons (Fsp3) is 0. The summed E-state index contributed by atoms with van der Waals surface area (Å²) in [5, 5.41) is 0. The molecule has 0 aliphatic carbocycles. The average Bonchev–Trinajstić information content (AvgIpc) is 2.33. The van der Waals surface area contributed by atoms with Gasteiger partial charge in [-0.05, 0) is 0 Å². The third-order valence-corrected chi connectivity index (χ3v) is 1.10. The van der Waals surface area contributed by atoms with Crippen molar-refractivity contribution in [3.05, 3.63) is 18.9 Å². The topological polar surface area (TPSA) is 54.5 Å². The molecule has 0 amide bonds. The van der Waals surface area contributed by atoms with Crippen LogP contribution < -0.4 is 0 Å². The Kier molecular flexibility index (Phi) is 0.745. The number of imidazole rings is 1. The lowest BCUT2D eigenvalue weighted by Crippen LogP contribution is -1.76. The normalized spacial score (nSPS) is 10.2. The Bertz CT molecular complexity index is 283. The first kappa shape index (κ1) is 4.43. The molecule has 0 saturated carbocycles. The molecule has 2 aromatic rings. The Labute approximate surface area is 51.0 Å². The summed E-state index contributed by atoms with van der Waals surface area (Å²) < 4.78 is 0. The third-order valence-electron chi connectivity index (χ3n) is 1.10. The smallest absolute Gasteiger partial charge is 0.180 e. The average molecular weight is 121 g/mol. The lowest BCUT2D eigenvalue weighted by atomic mass is 10.6. The summed E-state index contributed by atoms with van der Waals surface area (Å²) in [4.78, 5) is 14.5. The quantitative estimate of drug-likeness (QED) is 0.547. The number of hydrogen-bond donors (Lipinski definition) is 1. The summed E-state index contributed by atoms with van der Waals surface area (Å²) in [5.41, 5.74) is 1.59. The Morgan fingerprint density at radius 3 is 3.22 bits per heavy atom. The Hall–Kier alpha value is -1.45. The molecule has 2 heterocycles. The molecule has 0 aliphatic heterocycles. The van der Waals surface area contributed by atoms with Crippen LogP contribution >= 0.6 is 0 Å². The van der Waals surface area contributed by atoms with E-state index in [9.17, 15) is 0 Å². The van der Waals surface area contributed by atoms with Gasteiger partial charge in [0.15, 0.2) is 5.65 Å². The molecule has 1 N–H and O–H groups in total. The molecule has 0 aliphatic rings. The molecule has 0 atom stereocenters. The summed E-state index contributed by atoms with van der Waals surface area (Å²) in [7, 11) is 0. The van der Waals surface area contributed by atoms with Crippen LogP contribution in [0.3, 0.4) is 0 Å². The minimum Gasteiger partial charge on any atom is -0.342 e. The molecule has 0 unspecified atom stereocenters. The van der Waals surface area contributed by atoms with E-state index in [1.165, 1.54) is 6.33 Å². The summed E-state index contributed by atoms with van der Waals surface area (Å²) in [6.07, 6.45) is 4.76. The van der Waals surface area contributed by atoms with Crippen LogP contribution in [0.15, 0.2) is 18.9 Å². The molecule has 9 heavy (non-hydrogen) atoms. The van der Waals surface area contributed by atoms with Crippen LogP contribution in [-0.2, 0) is 0 Å². The van der Waals surface area contributed by atoms with Gasteiger partial charge in [0, 0.05) is 0 Å². The molecular formula is C5H4N4. The van der Waals surface area contributed by atoms with Crippen LogP contribution in [0.5, 0.6) is 0 Å². The molecule has 0 fully saturated rings. The summed E-state index contributed by atoms with van der Waals surface area (Å²) >= 11 is 0. The molecule has 0 radical (unpaired) electrons. The molecule has 0 aromatic carbocycles. The van der Waals surface area contributed by atoms with Crippen molar-refractivity contribution in [3.8, 4) is 0 Å². The Morgan fingerprint density at radius 2 is 2.33 bits per heavy atom. The predicted octanol–water partition coefficient (Wildman–Crippen LogP) is 0.353. The highest BCUT2D eigenvalue weighted by atomic mass is 15.1. The van der Waals surface area contributed by atoms with E-state index in [0.29, 0.717) is 5.65 Å². The molecule has 2 rings (SSSR count). The number of H-pyrrole nitrogens is 1. The van der Waals surface area contributed by atoms with Crippen LogP contribution in [0, 0.1) is 0 Å². The van der Waals surface area contributed by atoms with Crippen LogP contribution in [0.4, 0.5) is 0 Å². The number of aromatic nitrogens is 4. The Morgan fingerprint density at radius 1 is 1.33 bits per heavy atom. The van der Waals surface area contributed by atoms with Crippen LogP contribution in [0.2, 0.25) is 0 Å². The van der Waals surface area contributed by atoms with Gasteiger partial charge in [0.05, 0.1) is 12.5 Å². The van der Waals surface area contributed by atoms with Gasteiger partial charge in [-0.1, -0.05) is 0 Å². The van der Waals surface area contributed by atoms with Crippen LogP contribution in [-0.4, -0.2) is 19.9 Å². The number of rotatable bonds is 0. The van der Waals surface area contributed by atoms with E-state index in [-0.39, 0.29) is 0 Å². The van der Waals surface area contributed by atoms with E-state index in [0.717, 1.165) is 5.52 Å². The zero-order chi connectivity index (χ0) is 6.10. The maximum Gasteiger partial charge on any atom is 0.180 e. The third kappa shape index (κ3) is 0.561. The second-order valence-corrected chi connectivity index (χ2v) is 1.66. The number of aromatic amines is 1. The van der Waals surface area contributed by atoms with E-state index in [1.807, 2.05) is 0 Å². The van der Waals surface area contributed by atoms with Crippen molar-refractivity contribution < 1.29 is 0 Å². The molecule has 4 heteroatoms. The van der Waals surface area contributed by atoms with Crippen molar-refractivity contribution in [3.63, 3.8) is 0 Å². The van der Waals surface area contributed by atoms with Crippen molar-refractivity contribution in [2.45, 2.75) is 0 Å². The lowest BCUT2D eigenvalue weighted by Gasteiger charge is -1.80. The Balaban J connectivity index is 2.95. The second kappa shape index (κ2) is 1.51. The highest BCUT2D eigenvalue weighted by Gasteiger charge is 1.91. The molecule has 4 nitrogen and oxygen atoms in total. The lowest BCUT2D eigenvalue weighted by molar-refractivity contribution is 1.20. The molecular weight excluding hydrogens is 117 g/mol. The molecule has 2 aromatic heterocycles. The first-order chi connectivity index (χ1) is 4.47. The monoisotopic (exact) mass is 121 g/mol. The number of fused-ring (bicyclic) bond motifs is 1. The van der Waals surface area contributed by atoms with Gasteiger partial charge < -0.3 is 4.98 Å². The maximum atomic E-state index is 3.91. The SMILES string of the molecule is c1nc2n[13cH]ncc2[nH]1. The fourth-order valence-corrected chi connectivity index (χ4v) is 0.691. The first-order valence-electron chi connectivity index (χ1n) is 2.56. The van der Waals surface area contributed by atoms with Gasteiger partial charge in [-0.3, -0.25) is 0 Å². The van der Waals surface area contributed by atoms with Gasteiger partial charge in [0.25, 0.3) is 0 Å². The van der Waals surface area contributed by atoms with Crippen molar-refractivity contribution in [2.24, 2.45) is 0 Å². The van der Waals surface area contributed by atoms with E-state index >= 15 is 0 Å². The minimum atomic E-state index is 0.713. The summed E-state index contributed by atoms with van der Waals surface area (Å²) in [5.74, 6) is 0. The van der Waals surface area contributed by atoms with Crippen molar-refractivity contribution in [2.75, 3.05) is 0 Å². The second-order valence-electron chi connectivity index (χ2n) is 1.66. The van der Waals surface area contributed by atoms with E-state index < -0.39 is 0 Å². The van der Waals surface area contributed by atoms with Crippen molar-refractivity contribution >= 4 is 11.2 Å². The van der Waals surface area contributed by atoms with E-state index in [2.05, 4.69) is 19.9 Å². The molecule has 0 bridgehead atoms. The fourth-order valence-electron chi connectivity index (χ4n) is 0.691. The van der Waals surface area contributed by atoms with Crippen LogP contribution in [0.25, 0.3) is 11.2 Å². The van der Waals surface area contributed by atoms with Crippen LogP contribution in [0.1, 0.15) is 0 Å². The highest BCUT2D eigenvalue weighted by molar-refractivity contribution is 5.67. The van der Waals surface area contributed by atoms with Gasteiger partial charge >= 0.3 is 0 Å². The van der Waals surface area contributed by atoms with E-state index in [4.69, 9.17) is 0 Å². The molecule has 0 saturated heterocycles. The minimum absolute atomic E-state index is 0.713. The van der Waals surface area contributed by atoms with Crippen molar-refractivity contribution in [1.29, 1.82) is 0 Å². The predicted molar refractivity (Wildman–Crippen MR) is 31.7 cm³/mol. The summed E-state index contributed by atoms with van der Waals surface area (Å²) in [6, 6.07) is 0. The van der Waals surface area contributed by atoms with Gasteiger partial charge in [0.1, 0.15) is 11.8 Å². The summed E-state index contributed by atoms with van der Waals surface area (Å²) in [6.45, 7) is 0. The first-order valence-corrected chi connectivity index (χ1v) is 2.56. The zero-order valence-corrected chi connectivity index (χ0v) is 4.57. The zero-order valence-electron chi connectivity index (χ0n) is 4.57.